The van der Waals surface area contributed by atoms with Crippen molar-refractivity contribution in [3.05, 3.63) is 53.0 Å². The Morgan fingerprint density at radius 2 is 1.84 bits per heavy atom. The minimum Gasteiger partial charge on any atom is -0.386 e. The molecule has 2 aromatic rings. The molecule has 3 N–H and O–H groups in total. The SMILES string of the molecule is CCC(C)C(CN)c1cc(C(C)(C)O)c(F)c(-c2ccc(C)cc2)n1. The first-order valence-corrected chi connectivity index (χ1v) is 8.89. The van der Waals surface area contributed by atoms with Gasteiger partial charge in [0.1, 0.15) is 5.69 Å². The molecule has 0 saturated heterocycles. The van der Waals surface area contributed by atoms with E-state index in [-0.39, 0.29) is 17.2 Å². The fraction of sp³-hybridized carbons (Fsp3) is 0.476. The Labute approximate surface area is 150 Å². The van der Waals surface area contributed by atoms with Gasteiger partial charge in [-0.1, -0.05) is 50.1 Å². The number of hydrogen-bond donors (Lipinski definition) is 2. The van der Waals surface area contributed by atoms with Crippen LogP contribution in [0.2, 0.25) is 0 Å². The van der Waals surface area contributed by atoms with Crippen molar-refractivity contribution in [3.63, 3.8) is 0 Å². The minimum absolute atomic E-state index is 0.0240. The summed E-state index contributed by atoms with van der Waals surface area (Å²) in [6.45, 7) is 9.84. The van der Waals surface area contributed by atoms with Gasteiger partial charge in [0.2, 0.25) is 0 Å². The average molecular weight is 344 g/mol. The maximum absolute atomic E-state index is 15.1. The largest absolute Gasteiger partial charge is 0.386 e. The van der Waals surface area contributed by atoms with Crippen molar-refractivity contribution in [3.8, 4) is 11.3 Å². The second-order valence-electron chi connectivity index (χ2n) is 7.41. The summed E-state index contributed by atoms with van der Waals surface area (Å²) in [7, 11) is 0. The van der Waals surface area contributed by atoms with Gasteiger partial charge >= 0.3 is 0 Å². The van der Waals surface area contributed by atoms with E-state index in [0.717, 1.165) is 17.7 Å². The van der Waals surface area contributed by atoms with Crippen molar-refractivity contribution >= 4 is 0 Å². The summed E-state index contributed by atoms with van der Waals surface area (Å²) in [5.41, 5.74) is 7.77. The monoisotopic (exact) mass is 344 g/mol. The third kappa shape index (κ3) is 4.25. The molecule has 4 heteroatoms. The molecule has 0 aliphatic carbocycles. The third-order valence-electron chi connectivity index (χ3n) is 4.93. The van der Waals surface area contributed by atoms with Gasteiger partial charge in [-0.2, -0.15) is 0 Å². The van der Waals surface area contributed by atoms with Crippen molar-refractivity contribution < 1.29 is 9.50 Å². The second-order valence-corrected chi connectivity index (χ2v) is 7.41. The maximum atomic E-state index is 15.1. The molecule has 0 aliphatic heterocycles. The van der Waals surface area contributed by atoms with Gasteiger partial charge in [-0.05, 0) is 32.8 Å². The van der Waals surface area contributed by atoms with E-state index in [0.29, 0.717) is 18.0 Å². The van der Waals surface area contributed by atoms with Gasteiger partial charge < -0.3 is 10.8 Å². The van der Waals surface area contributed by atoms with E-state index in [2.05, 4.69) is 18.8 Å². The van der Waals surface area contributed by atoms with Crippen molar-refractivity contribution in [2.45, 2.75) is 52.6 Å². The number of aliphatic hydroxyl groups is 1. The fourth-order valence-corrected chi connectivity index (χ4v) is 3.02. The van der Waals surface area contributed by atoms with Gasteiger partial charge in [0, 0.05) is 29.3 Å². The number of nitrogens with zero attached hydrogens (tertiary/aromatic N) is 1. The van der Waals surface area contributed by atoms with Crippen LogP contribution in [0.25, 0.3) is 11.3 Å². The van der Waals surface area contributed by atoms with Crippen LogP contribution in [0, 0.1) is 18.7 Å². The molecule has 1 aromatic carbocycles. The van der Waals surface area contributed by atoms with E-state index in [1.54, 1.807) is 19.9 Å². The molecular formula is C21H29FN2O. The Balaban J connectivity index is 2.70. The Hall–Kier alpha value is -1.78. The van der Waals surface area contributed by atoms with Crippen LogP contribution in [-0.2, 0) is 5.60 Å². The average Bonchev–Trinajstić information content (AvgIpc) is 2.56. The zero-order valence-corrected chi connectivity index (χ0v) is 15.8. The lowest BCUT2D eigenvalue weighted by atomic mass is 9.86. The number of halogens is 1. The van der Waals surface area contributed by atoms with E-state index in [1.165, 1.54) is 0 Å². The lowest BCUT2D eigenvalue weighted by molar-refractivity contribution is 0.0743. The molecule has 0 aliphatic rings. The number of benzene rings is 1. The van der Waals surface area contributed by atoms with Crippen molar-refractivity contribution in [2.24, 2.45) is 11.7 Å². The Kier molecular flexibility index (Phi) is 5.96. The molecule has 0 radical (unpaired) electrons. The molecule has 0 spiro atoms. The topological polar surface area (TPSA) is 59.1 Å². The van der Waals surface area contributed by atoms with Crippen molar-refractivity contribution in [1.29, 1.82) is 0 Å². The van der Waals surface area contributed by atoms with Gasteiger partial charge in [0.25, 0.3) is 0 Å². The third-order valence-corrected chi connectivity index (χ3v) is 4.93. The standard InChI is InChI=1S/C21H29FN2O/c1-6-14(3)16(12-23)18-11-17(21(4,5)25)19(22)20(24-18)15-9-7-13(2)8-10-15/h7-11,14,16,25H,6,12,23H2,1-5H3. The molecule has 25 heavy (non-hydrogen) atoms. The van der Waals surface area contributed by atoms with Gasteiger partial charge in [-0.3, -0.25) is 0 Å². The highest BCUT2D eigenvalue weighted by molar-refractivity contribution is 5.62. The summed E-state index contributed by atoms with van der Waals surface area (Å²) >= 11 is 0. The first-order chi connectivity index (χ1) is 11.7. The lowest BCUT2D eigenvalue weighted by Gasteiger charge is -2.26. The summed E-state index contributed by atoms with van der Waals surface area (Å²) in [5.74, 6) is -0.126. The smallest absolute Gasteiger partial charge is 0.155 e. The number of hydrogen-bond acceptors (Lipinski definition) is 3. The van der Waals surface area contributed by atoms with E-state index in [9.17, 15) is 5.11 Å². The quantitative estimate of drug-likeness (QED) is 0.810. The first-order valence-electron chi connectivity index (χ1n) is 8.89. The zero-order chi connectivity index (χ0) is 18.8. The van der Waals surface area contributed by atoms with E-state index < -0.39 is 11.4 Å². The molecule has 1 heterocycles. The summed E-state index contributed by atoms with van der Waals surface area (Å²) in [5, 5.41) is 10.5. The number of aryl methyl sites for hydroxylation is 1. The molecule has 1 aromatic heterocycles. The Bertz CT molecular complexity index is 720. The van der Waals surface area contributed by atoms with Crippen LogP contribution in [0.5, 0.6) is 0 Å². The molecule has 0 fully saturated rings. The first kappa shape index (κ1) is 19.5. The van der Waals surface area contributed by atoms with E-state index >= 15 is 4.39 Å². The van der Waals surface area contributed by atoms with E-state index in [4.69, 9.17) is 5.73 Å². The highest BCUT2D eigenvalue weighted by Crippen LogP contribution is 2.34. The zero-order valence-electron chi connectivity index (χ0n) is 15.8. The predicted octanol–water partition coefficient (Wildman–Crippen LogP) is 4.51. The normalized spacial score (nSPS) is 14.4. The number of aromatic nitrogens is 1. The van der Waals surface area contributed by atoms with Crippen LogP contribution in [0.3, 0.4) is 0 Å². The summed E-state index contributed by atoms with van der Waals surface area (Å²) < 4.78 is 15.1. The van der Waals surface area contributed by atoms with Crippen molar-refractivity contribution in [2.75, 3.05) is 6.54 Å². The van der Waals surface area contributed by atoms with Gasteiger partial charge in [-0.25, -0.2) is 9.37 Å². The summed E-state index contributed by atoms with van der Waals surface area (Å²) in [6.07, 6.45) is 0.957. The molecule has 3 nitrogen and oxygen atoms in total. The minimum atomic E-state index is -1.30. The second kappa shape index (κ2) is 7.63. The number of rotatable bonds is 6. The van der Waals surface area contributed by atoms with Crippen LogP contribution in [0.4, 0.5) is 4.39 Å². The highest BCUT2D eigenvalue weighted by Gasteiger charge is 2.28. The Morgan fingerprint density at radius 1 is 1.24 bits per heavy atom. The number of nitrogens with two attached hydrogens (primary N) is 1. The Morgan fingerprint density at radius 3 is 2.32 bits per heavy atom. The summed E-state index contributed by atoms with van der Waals surface area (Å²) in [6, 6.07) is 9.26. The van der Waals surface area contributed by atoms with Crippen LogP contribution in [-0.4, -0.2) is 16.6 Å². The molecule has 136 valence electrons. The molecule has 2 atom stereocenters. The van der Waals surface area contributed by atoms with Gasteiger partial charge in [-0.15, -0.1) is 0 Å². The van der Waals surface area contributed by atoms with Crippen LogP contribution in [0.1, 0.15) is 56.9 Å². The van der Waals surface area contributed by atoms with Crippen molar-refractivity contribution in [1.82, 2.24) is 4.98 Å². The maximum Gasteiger partial charge on any atom is 0.155 e. The molecule has 0 amide bonds. The van der Waals surface area contributed by atoms with Crippen LogP contribution >= 0.6 is 0 Å². The van der Waals surface area contributed by atoms with Gasteiger partial charge in [0.05, 0.1) is 5.60 Å². The predicted molar refractivity (Wildman–Crippen MR) is 101 cm³/mol. The van der Waals surface area contributed by atoms with E-state index in [1.807, 2.05) is 31.2 Å². The van der Waals surface area contributed by atoms with Crippen LogP contribution < -0.4 is 5.73 Å². The molecule has 0 saturated carbocycles. The molecule has 2 unspecified atom stereocenters. The molecule has 2 rings (SSSR count). The number of pyridine rings is 1. The fourth-order valence-electron chi connectivity index (χ4n) is 3.02. The summed E-state index contributed by atoms with van der Waals surface area (Å²) in [4.78, 5) is 4.62. The van der Waals surface area contributed by atoms with Gasteiger partial charge in [0.15, 0.2) is 5.82 Å². The molecular weight excluding hydrogens is 315 g/mol. The molecule has 0 bridgehead atoms. The lowest BCUT2D eigenvalue weighted by Crippen LogP contribution is -2.24. The highest BCUT2D eigenvalue weighted by atomic mass is 19.1. The van der Waals surface area contributed by atoms with Crippen LogP contribution in [0.15, 0.2) is 30.3 Å².